The third kappa shape index (κ3) is 3.27. The van der Waals surface area contributed by atoms with Gasteiger partial charge in [0.2, 0.25) is 5.91 Å². The lowest BCUT2D eigenvalue weighted by Crippen LogP contribution is -2.24. The molecular formula is C12H15N3O4S. The average molecular weight is 297 g/mol. The van der Waals surface area contributed by atoms with E-state index in [1.165, 1.54) is 0 Å². The Morgan fingerprint density at radius 1 is 1.45 bits per heavy atom. The quantitative estimate of drug-likeness (QED) is 0.317. The molecule has 0 aliphatic carbocycles. The third-order valence-corrected chi connectivity index (χ3v) is 4.90. The molecule has 0 saturated carbocycles. The molecule has 1 saturated heterocycles. The van der Waals surface area contributed by atoms with Crippen molar-refractivity contribution in [2.24, 2.45) is 16.8 Å². The predicted molar refractivity (Wildman–Crippen MR) is 74.3 cm³/mol. The van der Waals surface area contributed by atoms with Crippen LogP contribution in [0.15, 0.2) is 29.4 Å². The summed E-state index contributed by atoms with van der Waals surface area (Å²) in [4.78, 5) is 12.0. The normalized spacial score (nSPS) is 21.6. The van der Waals surface area contributed by atoms with Crippen molar-refractivity contribution in [3.63, 3.8) is 0 Å². The minimum atomic E-state index is -3.09. The van der Waals surface area contributed by atoms with Gasteiger partial charge >= 0.3 is 0 Å². The Bertz CT molecular complexity index is 654. The van der Waals surface area contributed by atoms with Crippen molar-refractivity contribution >= 4 is 27.3 Å². The molecule has 1 fully saturated rings. The number of hydrogen-bond donors (Lipinski definition) is 3. The zero-order valence-electron chi connectivity index (χ0n) is 10.6. The van der Waals surface area contributed by atoms with Gasteiger partial charge in [-0.2, -0.15) is 0 Å². The molecule has 4 N–H and O–H groups in total. The summed E-state index contributed by atoms with van der Waals surface area (Å²) in [5.74, 6) is -0.978. The number of hydrogen-bond acceptors (Lipinski definition) is 5. The van der Waals surface area contributed by atoms with Crippen LogP contribution < -0.4 is 11.1 Å². The summed E-state index contributed by atoms with van der Waals surface area (Å²) < 4.78 is 22.7. The third-order valence-electron chi connectivity index (χ3n) is 3.14. The molecule has 2 rings (SSSR count). The molecule has 8 heteroatoms. The fourth-order valence-corrected chi connectivity index (χ4v) is 3.80. The molecule has 1 aliphatic rings. The SMILES string of the molecule is NC(=NO)c1cccc(NC(=O)C2CCS(=O)(=O)C2)c1. The first kappa shape index (κ1) is 14.3. The van der Waals surface area contributed by atoms with Crippen LogP contribution in [0.1, 0.15) is 12.0 Å². The first-order valence-electron chi connectivity index (χ1n) is 6.00. The molecule has 1 unspecified atom stereocenters. The molecule has 1 amide bonds. The maximum absolute atomic E-state index is 12.0. The van der Waals surface area contributed by atoms with E-state index >= 15 is 0 Å². The molecular weight excluding hydrogens is 282 g/mol. The van der Waals surface area contributed by atoms with Gasteiger partial charge in [0, 0.05) is 11.3 Å². The lowest BCUT2D eigenvalue weighted by Gasteiger charge is -2.10. The van der Waals surface area contributed by atoms with Gasteiger partial charge in [0.05, 0.1) is 17.4 Å². The van der Waals surface area contributed by atoms with Crippen LogP contribution in [0.3, 0.4) is 0 Å². The summed E-state index contributed by atoms with van der Waals surface area (Å²) in [6.07, 6.45) is 0.341. The Labute approximate surface area is 116 Å². The van der Waals surface area contributed by atoms with Crippen molar-refractivity contribution in [1.82, 2.24) is 0 Å². The van der Waals surface area contributed by atoms with Crippen LogP contribution in [0.4, 0.5) is 5.69 Å². The summed E-state index contributed by atoms with van der Waals surface area (Å²) in [5, 5.41) is 14.1. The number of amides is 1. The van der Waals surface area contributed by atoms with Crippen molar-refractivity contribution in [2.45, 2.75) is 6.42 Å². The number of sulfone groups is 1. The second-order valence-corrected chi connectivity index (χ2v) is 6.88. The van der Waals surface area contributed by atoms with E-state index in [4.69, 9.17) is 10.9 Å². The maximum atomic E-state index is 12.0. The largest absolute Gasteiger partial charge is 0.409 e. The summed E-state index contributed by atoms with van der Waals surface area (Å²) >= 11 is 0. The number of nitrogens with zero attached hydrogens (tertiary/aromatic N) is 1. The number of amidine groups is 1. The average Bonchev–Trinajstić information content (AvgIpc) is 2.78. The van der Waals surface area contributed by atoms with Crippen molar-refractivity contribution in [1.29, 1.82) is 0 Å². The van der Waals surface area contributed by atoms with E-state index in [1.807, 2.05) is 0 Å². The number of benzene rings is 1. The van der Waals surface area contributed by atoms with Gasteiger partial charge in [0.15, 0.2) is 15.7 Å². The highest BCUT2D eigenvalue weighted by molar-refractivity contribution is 7.91. The minimum absolute atomic E-state index is 0.0508. The Kier molecular flexibility index (Phi) is 3.93. The number of rotatable bonds is 3. The minimum Gasteiger partial charge on any atom is -0.409 e. The van der Waals surface area contributed by atoms with Crippen molar-refractivity contribution in [3.05, 3.63) is 29.8 Å². The van der Waals surface area contributed by atoms with E-state index in [1.54, 1.807) is 24.3 Å². The molecule has 108 valence electrons. The van der Waals surface area contributed by atoms with E-state index in [2.05, 4.69) is 10.5 Å². The summed E-state index contributed by atoms with van der Waals surface area (Å²) in [7, 11) is -3.09. The first-order valence-corrected chi connectivity index (χ1v) is 7.82. The van der Waals surface area contributed by atoms with Gasteiger partial charge in [-0.15, -0.1) is 0 Å². The monoisotopic (exact) mass is 297 g/mol. The van der Waals surface area contributed by atoms with Gasteiger partial charge in [0.1, 0.15) is 0 Å². The Morgan fingerprint density at radius 3 is 2.80 bits per heavy atom. The molecule has 1 aromatic carbocycles. The van der Waals surface area contributed by atoms with Crippen LogP contribution in [0.5, 0.6) is 0 Å². The smallest absolute Gasteiger partial charge is 0.228 e. The highest BCUT2D eigenvalue weighted by Crippen LogP contribution is 2.20. The van der Waals surface area contributed by atoms with E-state index in [-0.39, 0.29) is 23.2 Å². The van der Waals surface area contributed by atoms with E-state index in [0.29, 0.717) is 17.7 Å². The Morgan fingerprint density at radius 2 is 2.20 bits per heavy atom. The first-order chi connectivity index (χ1) is 9.41. The molecule has 1 atom stereocenters. The molecule has 1 aromatic rings. The molecule has 7 nitrogen and oxygen atoms in total. The number of anilines is 1. The Hall–Kier alpha value is -2.09. The molecule has 20 heavy (non-hydrogen) atoms. The molecule has 1 heterocycles. The lowest BCUT2D eigenvalue weighted by molar-refractivity contribution is -0.119. The highest BCUT2D eigenvalue weighted by atomic mass is 32.2. The van der Waals surface area contributed by atoms with Crippen LogP contribution in [-0.2, 0) is 14.6 Å². The van der Waals surface area contributed by atoms with Crippen LogP contribution in [0.2, 0.25) is 0 Å². The van der Waals surface area contributed by atoms with Crippen molar-refractivity contribution in [3.8, 4) is 0 Å². The maximum Gasteiger partial charge on any atom is 0.228 e. The second-order valence-electron chi connectivity index (χ2n) is 4.66. The van der Waals surface area contributed by atoms with Crippen LogP contribution in [0, 0.1) is 5.92 Å². The molecule has 1 aliphatic heterocycles. The van der Waals surface area contributed by atoms with Gasteiger partial charge in [-0.1, -0.05) is 17.3 Å². The van der Waals surface area contributed by atoms with Crippen molar-refractivity contribution < 1.29 is 18.4 Å². The van der Waals surface area contributed by atoms with E-state index in [9.17, 15) is 13.2 Å². The number of nitrogens with two attached hydrogens (primary N) is 1. The highest BCUT2D eigenvalue weighted by Gasteiger charge is 2.32. The number of carbonyl (C=O) groups excluding carboxylic acids is 1. The van der Waals surface area contributed by atoms with E-state index in [0.717, 1.165) is 0 Å². The topological polar surface area (TPSA) is 122 Å². The fourth-order valence-electron chi connectivity index (χ4n) is 2.06. The van der Waals surface area contributed by atoms with Gasteiger partial charge < -0.3 is 16.3 Å². The molecule has 0 radical (unpaired) electrons. The van der Waals surface area contributed by atoms with E-state index < -0.39 is 15.8 Å². The Balaban J connectivity index is 2.09. The molecule has 0 aromatic heterocycles. The van der Waals surface area contributed by atoms with Crippen LogP contribution in [-0.4, -0.2) is 36.9 Å². The standard InChI is InChI=1S/C12H15N3O4S/c13-11(15-17)8-2-1-3-10(6-8)14-12(16)9-4-5-20(18,19)7-9/h1-3,6,9,17H,4-5,7H2,(H2,13,15)(H,14,16). The summed E-state index contributed by atoms with van der Waals surface area (Å²) in [6.45, 7) is 0. The van der Waals surface area contributed by atoms with Crippen LogP contribution in [0.25, 0.3) is 0 Å². The number of oxime groups is 1. The number of nitrogens with one attached hydrogen (secondary N) is 1. The summed E-state index contributed by atoms with van der Waals surface area (Å²) in [5.41, 5.74) is 6.40. The number of carbonyl (C=O) groups is 1. The van der Waals surface area contributed by atoms with Crippen molar-refractivity contribution in [2.75, 3.05) is 16.8 Å². The second kappa shape index (κ2) is 5.49. The zero-order valence-corrected chi connectivity index (χ0v) is 11.4. The van der Waals surface area contributed by atoms with Crippen LogP contribution >= 0.6 is 0 Å². The van der Waals surface area contributed by atoms with Gasteiger partial charge in [0.25, 0.3) is 0 Å². The molecule has 0 spiro atoms. The lowest BCUT2D eigenvalue weighted by atomic mass is 10.1. The summed E-state index contributed by atoms with van der Waals surface area (Å²) in [6, 6.07) is 6.48. The van der Waals surface area contributed by atoms with Gasteiger partial charge in [-0.25, -0.2) is 8.42 Å². The van der Waals surface area contributed by atoms with Gasteiger partial charge in [-0.3, -0.25) is 4.79 Å². The zero-order chi connectivity index (χ0) is 14.8. The molecule has 0 bridgehead atoms. The van der Waals surface area contributed by atoms with Gasteiger partial charge in [-0.05, 0) is 18.6 Å². The predicted octanol–water partition coefficient (Wildman–Crippen LogP) is 0.154. The fraction of sp³-hybridized carbons (Fsp3) is 0.333.